The van der Waals surface area contributed by atoms with Gasteiger partial charge in [-0.25, -0.2) is 0 Å². The van der Waals surface area contributed by atoms with Crippen molar-refractivity contribution in [2.45, 2.75) is 13.5 Å². The molecule has 0 saturated carbocycles. The Morgan fingerprint density at radius 3 is 2.62 bits per heavy atom. The highest BCUT2D eigenvalue weighted by Gasteiger charge is 2.19. The van der Waals surface area contributed by atoms with Gasteiger partial charge in [-0.3, -0.25) is 14.6 Å². The average molecular weight is 317 g/mol. The molecule has 2 N–H and O–H groups in total. The summed E-state index contributed by atoms with van der Waals surface area (Å²) in [5, 5.41) is 2.83. The smallest absolute Gasteiger partial charge is 0.251 e. The van der Waals surface area contributed by atoms with Gasteiger partial charge in [0.1, 0.15) is 0 Å². The standard InChI is InChI=1S/C19H15N3O2/c1-11-15(12-2-3-14-10-21-19(24)16(14)8-12)4-5-17(22-11)13-6-7-20-18(23)9-13/h2-9H,10H2,1H3,(H,20,23)(H,21,24). The number of rotatable bonds is 2. The van der Waals surface area contributed by atoms with Crippen LogP contribution in [-0.4, -0.2) is 15.9 Å². The first-order chi connectivity index (χ1) is 11.6. The number of nitrogens with one attached hydrogen (secondary N) is 2. The Morgan fingerprint density at radius 1 is 0.958 bits per heavy atom. The molecule has 0 saturated heterocycles. The van der Waals surface area contributed by atoms with Crippen molar-refractivity contribution in [3.8, 4) is 22.4 Å². The van der Waals surface area contributed by atoms with E-state index in [4.69, 9.17) is 0 Å². The summed E-state index contributed by atoms with van der Waals surface area (Å²) in [4.78, 5) is 30.5. The second-order valence-corrected chi connectivity index (χ2v) is 5.83. The quantitative estimate of drug-likeness (QED) is 0.763. The minimum absolute atomic E-state index is 0.0300. The zero-order chi connectivity index (χ0) is 16.7. The van der Waals surface area contributed by atoms with Crippen molar-refractivity contribution in [2.75, 3.05) is 0 Å². The van der Waals surface area contributed by atoms with E-state index in [1.54, 1.807) is 6.20 Å². The molecule has 5 nitrogen and oxygen atoms in total. The summed E-state index contributed by atoms with van der Waals surface area (Å²) in [6.07, 6.45) is 1.61. The first-order valence-electron chi connectivity index (χ1n) is 7.70. The number of hydrogen-bond donors (Lipinski definition) is 2. The van der Waals surface area contributed by atoms with E-state index in [1.165, 1.54) is 6.07 Å². The monoisotopic (exact) mass is 317 g/mol. The van der Waals surface area contributed by atoms with Crippen LogP contribution in [0.3, 0.4) is 0 Å². The van der Waals surface area contributed by atoms with Crippen LogP contribution in [0.1, 0.15) is 21.6 Å². The zero-order valence-corrected chi connectivity index (χ0v) is 13.1. The minimum Gasteiger partial charge on any atom is -0.348 e. The van der Waals surface area contributed by atoms with Gasteiger partial charge in [0, 0.05) is 41.2 Å². The maximum absolute atomic E-state index is 11.8. The summed E-state index contributed by atoms with van der Waals surface area (Å²) < 4.78 is 0. The average Bonchev–Trinajstić information content (AvgIpc) is 2.95. The van der Waals surface area contributed by atoms with Crippen molar-refractivity contribution >= 4 is 5.91 Å². The Bertz CT molecular complexity index is 1020. The maximum atomic E-state index is 11.8. The normalized spacial score (nSPS) is 12.8. The summed E-state index contributed by atoms with van der Waals surface area (Å²) >= 11 is 0. The molecule has 4 rings (SSSR count). The molecule has 3 aromatic rings. The molecule has 2 aromatic heterocycles. The third-order valence-corrected chi connectivity index (χ3v) is 4.26. The van der Waals surface area contributed by atoms with Crippen LogP contribution in [0.5, 0.6) is 0 Å². The number of nitrogens with zero attached hydrogens (tertiary/aromatic N) is 1. The van der Waals surface area contributed by atoms with Gasteiger partial charge in [-0.2, -0.15) is 0 Å². The van der Waals surface area contributed by atoms with Crippen LogP contribution < -0.4 is 10.9 Å². The Balaban J connectivity index is 1.77. The van der Waals surface area contributed by atoms with Crippen molar-refractivity contribution in [1.29, 1.82) is 0 Å². The molecule has 118 valence electrons. The summed E-state index contributed by atoms with van der Waals surface area (Å²) in [6, 6.07) is 13.1. The molecule has 24 heavy (non-hydrogen) atoms. The third-order valence-electron chi connectivity index (χ3n) is 4.26. The fraction of sp³-hybridized carbons (Fsp3) is 0.105. The number of amides is 1. The number of hydrogen-bond acceptors (Lipinski definition) is 3. The molecular formula is C19H15N3O2. The Hall–Kier alpha value is -3.21. The Morgan fingerprint density at radius 2 is 1.83 bits per heavy atom. The van der Waals surface area contributed by atoms with E-state index >= 15 is 0 Å². The first kappa shape index (κ1) is 14.4. The lowest BCUT2D eigenvalue weighted by molar-refractivity contribution is 0.0966. The predicted octanol–water partition coefficient (Wildman–Crippen LogP) is 2.66. The molecule has 0 bridgehead atoms. The topological polar surface area (TPSA) is 74.8 Å². The highest BCUT2D eigenvalue weighted by molar-refractivity contribution is 5.99. The van der Waals surface area contributed by atoms with E-state index in [0.29, 0.717) is 6.54 Å². The molecule has 0 spiro atoms. The van der Waals surface area contributed by atoms with Gasteiger partial charge in [-0.15, -0.1) is 0 Å². The van der Waals surface area contributed by atoms with Gasteiger partial charge < -0.3 is 10.3 Å². The first-order valence-corrected chi connectivity index (χ1v) is 7.70. The SMILES string of the molecule is Cc1nc(-c2cc[nH]c(=O)c2)ccc1-c1ccc2c(c1)C(=O)NC2. The fourth-order valence-electron chi connectivity index (χ4n) is 3.01. The van der Waals surface area contributed by atoms with Crippen LogP contribution in [0.15, 0.2) is 53.5 Å². The van der Waals surface area contributed by atoms with E-state index in [9.17, 15) is 9.59 Å². The second kappa shape index (κ2) is 5.45. The van der Waals surface area contributed by atoms with Gasteiger partial charge >= 0.3 is 0 Å². The number of H-pyrrole nitrogens is 1. The number of aromatic amines is 1. The highest BCUT2D eigenvalue weighted by atomic mass is 16.2. The molecule has 1 aliphatic rings. The van der Waals surface area contributed by atoms with Gasteiger partial charge in [-0.05, 0) is 36.2 Å². The van der Waals surface area contributed by atoms with Crippen molar-refractivity contribution < 1.29 is 4.79 Å². The van der Waals surface area contributed by atoms with E-state index in [1.807, 2.05) is 43.3 Å². The van der Waals surface area contributed by atoms with Crippen LogP contribution in [0.2, 0.25) is 0 Å². The summed E-state index contributed by atoms with van der Waals surface area (Å²) in [7, 11) is 0. The largest absolute Gasteiger partial charge is 0.348 e. The number of aromatic nitrogens is 2. The molecule has 1 aromatic carbocycles. The lowest BCUT2D eigenvalue weighted by Crippen LogP contribution is -2.12. The zero-order valence-electron chi connectivity index (χ0n) is 13.1. The number of carbonyl (C=O) groups is 1. The third kappa shape index (κ3) is 2.40. The van der Waals surface area contributed by atoms with Gasteiger partial charge in [0.25, 0.3) is 5.91 Å². The molecular weight excluding hydrogens is 302 g/mol. The lowest BCUT2D eigenvalue weighted by Gasteiger charge is -2.09. The van der Waals surface area contributed by atoms with Crippen LogP contribution in [-0.2, 0) is 6.54 Å². The van der Waals surface area contributed by atoms with Crippen molar-refractivity contribution in [3.63, 3.8) is 0 Å². The Labute approximate surface area is 138 Å². The maximum Gasteiger partial charge on any atom is 0.251 e. The minimum atomic E-state index is -0.152. The second-order valence-electron chi connectivity index (χ2n) is 5.83. The predicted molar refractivity (Wildman–Crippen MR) is 91.6 cm³/mol. The Kier molecular flexibility index (Phi) is 3.27. The van der Waals surface area contributed by atoms with Crippen LogP contribution in [0, 0.1) is 6.92 Å². The van der Waals surface area contributed by atoms with Crippen molar-refractivity contribution in [2.24, 2.45) is 0 Å². The van der Waals surface area contributed by atoms with E-state index in [-0.39, 0.29) is 11.5 Å². The van der Waals surface area contributed by atoms with Crippen LogP contribution >= 0.6 is 0 Å². The molecule has 0 unspecified atom stereocenters. The summed E-state index contributed by atoms with van der Waals surface area (Å²) in [6.45, 7) is 2.52. The number of fused-ring (bicyclic) bond motifs is 1. The van der Waals surface area contributed by atoms with Gasteiger partial charge in [0.2, 0.25) is 5.56 Å². The van der Waals surface area contributed by atoms with Gasteiger partial charge in [0.05, 0.1) is 5.69 Å². The van der Waals surface area contributed by atoms with Crippen molar-refractivity contribution in [3.05, 3.63) is 75.8 Å². The van der Waals surface area contributed by atoms with E-state index < -0.39 is 0 Å². The molecule has 1 aliphatic heterocycles. The molecule has 0 fully saturated rings. The van der Waals surface area contributed by atoms with Crippen LogP contribution in [0.25, 0.3) is 22.4 Å². The van der Waals surface area contributed by atoms with Gasteiger partial charge in [0.15, 0.2) is 0 Å². The summed E-state index contributed by atoms with van der Waals surface area (Å²) in [5.74, 6) is -0.0300. The van der Waals surface area contributed by atoms with Crippen molar-refractivity contribution in [1.82, 2.24) is 15.3 Å². The number of aryl methyl sites for hydroxylation is 1. The van der Waals surface area contributed by atoms with Crippen LogP contribution in [0.4, 0.5) is 0 Å². The summed E-state index contributed by atoms with van der Waals surface area (Å²) in [5.41, 5.74) is 5.93. The highest BCUT2D eigenvalue weighted by Crippen LogP contribution is 2.28. The fourth-order valence-corrected chi connectivity index (χ4v) is 3.01. The number of pyridine rings is 2. The molecule has 0 atom stereocenters. The molecule has 5 heteroatoms. The van der Waals surface area contributed by atoms with Gasteiger partial charge in [-0.1, -0.05) is 18.2 Å². The number of carbonyl (C=O) groups excluding carboxylic acids is 1. The lowest BCUT2D eigenvalue weighted by atomic mass is 9.98. The number of benzene rings is 1. The molecule has 3 heterocycles. The molecule has 1 amide bonds. The van der Waals surface area contributed by atoms with E-state index in [0.717, 1.165) is 39.2 Å². The van der Waals surface area contributed by atoms with E-state index in [2.05, 4.69) is 15.3 Å². The molecule has 0 radical (unpaired) electrons. The molecule has 0 aliphatic carbocycles.